The zero-order valence-electron chi connectivity index (χ0n) is 13.6. The summed E-state index contributed by atoms with van der Waals surface area (Å²) in [6.07, 6.45) is 1.52. The Morgan fingerprint density at radius 2 is 2.12 bits per heavy atom. The third kappa shape index (κ3) is 4.47. The maximum absolute atomic E-state index is 12.7. The fraction of sp³-hybridized carbons (Fsp3) is 0.471. The fourth-order valence-corrected chi connectivity index (χ4v) is 2.71. The van der Waals surface area contributed by atoms with Crippen LogP contribution in [0.15, 0.2) is 24.3 Å². The number of carbonyl (C=O) groups excluding carboxylic acids is 3. The molecule has 24 heavy (non-hydrogen) atoms. The SMILES string of the molecule is CCCCOC(=O)CC1C(=O)NCCN1C(=O)c1ccccc1Cl. The molecule has 1 atom stereocenters. The van der Waals surface area contributed by atoms with E-state index in [1.54, 1.807) is 24.3 Å². The molecule has 1 aliphatic rings. The first-order chi connectivity index (χ1) is 11.5. The van der Waals surface area contributed by atoms with Gasteiger partial charge in [0.05, 0.1) is 23.6 Å². The molecule has 1 N–H and O–H groups in total. The first-order valence-electron chi connectivity index (χ1n) is 8.03. The molecule has 7 heteroatoms. The van der Waals surface area contributed by atoms with Gasteiger partial charge in [0.25, 0.3) is 5.91 Å². The van der Waals surface area contributed by atoms with Gasteiger partial charge in [-0.1, -0.05) is 37.1 Å². The zero-order chi connectivity index (χ0) is 17.5. The number of unbranched alkanes of at least 4 members (excludes halogenated alkanes) is 1. The van der Waals surface area contributed by atoms with Crippen molar-refractivity contribution in [2.75, 3.05) is 19.7 Å². The number of nitrogens with zero attached hydrogens (tertiary/aromatic N) is 1. The van der Waals surface area contributed by atoms with Gasteiger partial charge in [0, 0.05) is 13.1 Å². The van der Waals surface area contributed by atoms with Crippen LogP contribution in [0.5, 0.6) is 0 Å². The highest BCUT2D eigenvalue weighted by Gasteiger charge is 2.36. The molecule has 2 rings (SSSR count). The minimum absolute atomic E-state index is 0.161. The van der Waals surface area contributed by atoms with E-state index in [1.807, 2.05) is 6.92 Å². The molecule has 1 aromatic rings. The first kappa shape index (κ1) is 18.3. The van der Waals surface area contributed by atoms with Crippen molar-refractivity contribution in [3.63, 3.8) is 0 Å². The second-order valence-electron chi connectivity index (χ2n) is 5.56. The summed E-state index contributed by atoms with van der Waals surface area (Å²) < 4.78 is 5.11. The quantitative estimate of drug-likeness (QED) is 0.627. The van der Waals surface area contributed by atoms with Gasteiger partial charge in [0.1, 0.15) is 6.04 Å². The highest BCUT2D eigenvalue weighted by molar-refractivity contribution is 6.33. The van der Waals surface area contributed by atoms with Crippen LogP contribution in [0.4, 0.5) is 0 Å². The van der Waals surface area contributed by atoms with E-state index in [-0.39, 0.29) is 18.2 Å². The van der Waals surface area contributed by atoms with Crippen molar-refractivity contribution in [1.82, 2.24) is 10.2 Å². The molecule has 1 aliphatic heterocycles. The summed E-state index contributed by atoms with van der Waals surface area (Å²) in [4.78, 5) is 38.2. The number of rotatable bonds is 6. The van der Waals surface area contributed by atoms with Gasteiger partial charge >= 0.3 is 5.97 Å². The average molecular weight is 353 g/mol. The maximum Gasteiger partial charge on any atom is 0.308 e. The highest BCUT2D eigenvalue weighted by atomic mass is 35.5. The normalized spacial score (nSPS) is 17.3. The lowest BCUT2D eigenvalue weighted by molar-refractivity contribution is -0.147. The summed E-state index contributed by atoms with van der Waals surface area (Å²) in [5.74, 6) is -1.20. The van der Waals surface area contributed by atoms with Gasteiger partial charge in [-0.2, -0.15) is 0 Å². The second-order valence-corrected chi connectivity index (χ2v) is 5.97. The summed E-state index contributed by atoms with van der Waals surface area (Å²) in [5.41, 5.74) is 0.318. The molecular formula is C17H21ClN2O4. The predicted octanol–water partition coefficient (Wildman–Crippen LogP) is 2.01. The number of halogens is 1. The van der Waals surface area contributed by atoms with Gasteiger partial charge in [-0.15, -0.1) is 0 Å². The lowest BCUT2D eigenvalue weighted by Crippen LogP contribution is -2.57. The molecule has 0 aromatic heterocycles. The van der Waals surface area contributed by atoms with Crippen LogP contribution in [0.1, 0.15) is 36.5 Å². The van der Waals surface area contributed by atoms with Crippen LogP contribution in [0.3, 0.4) is 0 Å². The molecule has 6 nitrogen and oxygen atoms in total. The lowest BCUT2D eigenvalue weighted by atomic mass is 10.1. The summed E-state index contributed by atoms with van der Waals surface area (Å²) in [7, 11) is 0. The summed E-state index contributed by atoms with van der Waals surface area (Å²) in [6.45, 7) is 2.98. The largest absolute Gasteiger partial charge is 0.466 e. The van der Waals surface area contributed by atoms with Gasteiger partial charge in [0.15, 0.2) is 0 Å². The molecule has 1 fully saturated rings. The van der Waals surface area contributed by atoms with Crippen molar-refractivity contribution in [3.8, 4) is 0 Å². The van der Waals surface area contributed by atoms with Crippen molar-refractivity contribution in [3.05, 3.63) is 34.9 Å². The van der Waals surface area contributed by atoms with Gasteiger partial charge < -0.3 is 15.0 Å². The van der Waals surface area contributed by atoms with Gasteiger partial charge in [-0.3, -0.25) is 14.4 Å². The maximum atomic E-state index is 12.7. The van der Waals surface area contributed by atoms with E-state index < -0.39 is 12.0 Å². The molecule has 0 bridgehead atoms. The first-order valence-corrected chi connectivity index (χ1v) is 8.41. The van der Waals surface area contributed by atoms with Gasteiger partial charge in [0.2, 0.25) is 5.91 Å². The highest BCUT2D eigenvalue weighted by Crippen LogP contribution is 2.20. The molecule has 1 aromatic carbocycles. The van der Waals surface area contributed by atoms with E-state index >= 15 is 0 Å². The number of benzene rings is 1. The Kier molecular flexibility index (Phi) is 6.61. The number of nitrogens with one attached hydrogen (secondary N) is 1. The fourth-order valence-electron chi connectivity index (χ4n) is 2.50. The monoisotopic (exact) mass is 352 g/mol. The van der Waals surface area contributed by atoms with Crippen LogP contribution in [0.2, 0.25) is 5.02 Å². The summed E-state index contributed by atoms with van der Waals surface area (Å²) in [5, 5.41) is 3.00. The molecule has 1 heterocycles. The molecule has 0 aliphatic carbocycles. The Bertz CT molecular complexity index is 620. The van der Waals surface area contributed by atoms with Crippen molar-refractivity contribution >= 4 is 29.4 Å². The van der Waals surface area contributed by atoms with E-state index in [0.29, 0.717) is 30.3 Å². The van der Waals surface area contributed by atoms with Crippen molar-refractivity contribution in [2.24, 2.45) is 0 Å². The Morgan fingerprint density at radius 1 is 1.38 bits per heavy atom. The average Bonchev–Trinajstić information content (AvgIpc) is 2.57. The number of piperazine rings is 1. The molecule has 130 valence electrons. The third-order valence-corrected chi connectivity index (χ3v) is 4.15. The summed E-state index contributed by atoms with van der Waals surface area (Å²) >= 11 is 6.07. The Labute approximate surface area is 146 Å². The van der Waals surface area contributed by atoms with Gasteiger partial charge in [-0.25, -0.2) is 0 Å². The predicted molar refractivity (Wildman–Crippen MR) is 89.8 cm³/mol. The van der Waals surface area contributed by atoms with Crippen molar-refractivity contribution in [1.29, 1.82) is 0 Å². The molecule has 1 saturated heterocycles. The number of hydrogen-bond acceptors (Lipinski definition) is 4. The lowest BCUT2D eigenvalue weighted by Gasteiger charge is -2.34. The van der Waals surface area contributed by atoms with Crippen LogP contribution in [0.25, 0.3) is 0 Å². The van der Waals surface area contributed by atoms with Gasteiger partial charge in [-0.05, 0) is 18.6 Å². The zero-order valence-corrected chi connectivity index (χ0v) is 14.3. The molecular weight excluding hydrogens is 332 g/mol. The number of esters is 1. The third-order valence-electron chi connectivity index (χ3n) is 3.82. The standard InChI is InChI=1S/C17H21ClN2O4/c1-2-3-10-24-15(21)11-14-16(22)19-8-9-20(14)17(23)12-6-4-5-7-13(12)18/h4-7,14H,2-3,8-11H2,1H3,(H,19,22). The molecule has 1 unspecified atom stereocenters. The van der Waals surface area contributed by atoms with Crippen LogP contribution in [-0.4, -0.2) is 48.4 Å². The van der Waals surface area contributed by atoms with E-state index in [0.717, 1.165) is 12.8 Å². The van der Waals surface area contributed by atoms with E-state index in [4.69, 9.17) is 16.3 Å². The van der Waals surface area contributed by atoms with E-state index in [2.05, 4.69) is 5.32 Å². The molecule has 0 spiro atoms. The minimum atomic E-state index is -0.878. The number of ether oxygens (including phenoxy) is 1. The Morgan fingerprint density at radius 3 is 2.83 bits per heavy atom. The molecule has 0 saturated carbocycles. The number of carbonyl (C=O) groups is 3. The van der Waals surface area contributed by atoms with Crippen LogP contribution in [0, 0.1) is 0 Å². The van der Waals surface area contributed by atoms with Crippen LogP contribution in [-0.2, 0) is 14.3 Å². The van der Waals surface area contributed by atoms with E-state index in [9.17, 15) is 14.4 Å². The Hall–Kier alpha value is -2.08. The van der Waals surface area contributed by atoms with Crippen LogP contribution >= 0.6 is 11.6 Å². The van der Waals surface area contributed by atoms with E-state index in [1.165, 1.54) is 4.90 Å². The Balaban J connectivity index is 2.11. The molecule has 0 radical (unpaired) electrons. The van der Waals surface area contributed by atoms with Crippen LogP contribution < -0.4 is 5.32 Å². The number of amides is 2. The number of hydrogen-bond donors (Lipinski definition) is 1. The second kappa shape index (κ2) is 8.68. The smallest absolute Gasteiger partial charge is 0.308 e. The van der Waals surface area contributed by atoms with Crippen molar-refractivity contribution < 1.29 is 19.1 Å². The molecule has 2 amide bonds. The van der Waals surface area contributed by atoms with Crippen molar-refractivity contribution in [2.45, 2.75) is 32.2 Å². The minimum Gasteiger partial charge on any atom is -0.466 e. The summed E-state index contributed by atoms with van der Waals surface area (Å²) in [6, 6.07) is 5.78. The topological polar surface area (TPSA) is 75.7 Å².